The lowest BCUT2D eigenvalue weighted by Crippen LogP contribution is -2.25. The van der Waals surface area contributed by atoms with E-state index < -0.39 is 0 Å². The lowest BCUT2D eigenvalue weighted by molar-refractivity contribution is -0.121. The highest BCUT2D eigenvalue weighted by Crippen LogP contribution is 2.30. The minimum absolute atomic E-state index is 0.0160. The zero-order chi connectivity index (χ0) is 25.3. The van der Waals surface area contributed by atoms with Crippen LogP contribution in [0.15, 0.2) is 78.0 Å². The topological polar surface area (TPSA) is 69.0 Å². The number of rotatable bonds is 11. The first-order chi connectivity index (χ1) is 17.5. The number of hydrogen-bond acceptors (Lipinski definition) is 5. The number of para-hydroxylation sites is 1. The predicted molar refractivity (Wildman–Crippen MR) is 146 cm³/mol. The molecule has 36 heavy (non-hydrogen) atoms. The zero-order valence-electron chi connectivity index (χ0n) is 19.8. The van der Waals surface area contributed by atoms with Gasteiger partial charge < -0.3 is 10.1 Å². The summed E-state index contributed by atoms with van der Waals surface area (Å²) in [5.74, 6) is 2.25. The summed E-state index contributed by atoms with van der Waals surface area (Å²) in [5.41, 5.74) is 2.85. The molecule has 0 aliphatic heterocycles. The first-order valence-electron chi connectivity index (χ1n) is 11.5. The van der Waals surface area contributed by atoms with Crippen molar-refractivity contribution in [2.45, 2.75) is 24.4 Å². The van der Waals surface area contributed by atoms with Crippen LogP contribution >= 0.6 is 35.0 Å². The standard InChI is InChI=1S/C27H26Cl2N4O2S/c1-35-23-10-5-7-20(17-23)26-31-32-27(33(26)22-8-3-2-4-9-22)36-16-6-11-25(34)30-15-14-19-12-13-21(28)18-24(19)29/h2-5,7-10,12-13,17-18H,6,11,14-16H2,1H3,(H,30,34). The van der Waals surface area contributed by atoms with Crippen LogP contribution in [0, 0.1) is 0 Å². The highest BCUT2D eigenvalue weighted by Gasteiger charge is 2.16. The fourth-order valence-corrected chi connectivity index (χ4v) is 5.06. The number of aromatic nitrogens is 3. The van der Waals surface area contributed by atoms with Gasteiger partial charge >= 0.3 is 0 Å². The third-order valence-corrected chi connectivity index (χ3v) is 7.09. The minimum Gasteiger partial charge on any atom is -0.497 e. The maximum Gasteiger partial charge on any atom is 0.220 e. The summed E-state index contributed by atoms with van der Waals surface area (Å²) < 4.78 is 7.42. The molecule has 4 rings (SSSR count). The number of hydrogen-bond donors (Lipinski definition) is 1. The Labute approximate surface area is 225 Å². The molecular formula is C27H26Cl2N4O2S. The Morgan fingerprint density at radius 3 is 2.64 bits per heavy atom. The second kappa shape index (κ2) is 12.8. The lowest BCUT2D eigenvalue weighted by Gasteiger charge is -2.11. The van der Waals surface area contributed by atoms with Crippen LogP contribution in [0.3, 0.4) is 0 Å². The molecule has 0 saturated carbocycles. The first-order valence-corrected chi connectivity index (χ1v) is 13.3. The highest BCUT2D eigenvalue weighted by atomic mass is 35.5. The van der Waals surface area contributed by atoms with Crippen LogP contribution in [0.1, 0.15) is 18.4 Å². The van der Waals surface area contributed by atoms with Crippen LogP contribution in [0.2, 0.25) is 10.0 Å². The van der Waals surface area contributed by atoms with Gasteiger partial charge in [0.05, 0.1) is 7.11 Å². The van der Waals surface area contributed by atoms with Crippen LogP contribution < -0.4 is 10.1 Å². The van der Waals surface area contributed by atoms with Gasteiger partial charge in [0.2, 0.25) is 5.91 Å². The Morgan fingerprint density at radius 1 is 1.03 bits per heavy atom. The quantitative estimate of drug-likeness (QED) is 0.174. The van der Waals surface area contributed by atoms with Gasteiger partial charge in [-0.05, 0) is 54.8 Å². The fourth-order valence-electron chi connectivity index (χ4n) is 3.67. The van der Waals surface area contributed by atoms with Crippen LogP contribution in [-0.2, 0) is 11.2 Å². The Bertz CT molecular complexity index is 1310. The van der Waals surface area contributed by atoms with E-state index in [-0.39, 0.29) is 5.91 Å². The first kappa shape index (κ1) is 26.1. The maximum atomic E-state index is 12.3. The van der Waals surface area contributed by atoms with Crippen molar-refractivity contribution in [2.75, 3.05) is 19.4 Å². The van der Waals surface area contributed by atoms with E-state index in [1.165, 1.54) is 0 Å². The van der Waals surface area contributed by atoms with Crippen molar-refractivity contribution in [3.8, 4) is 22.8 Å². The summed E-state index contributed by atoms with van der Waals surface area (Å²) >= 11 is 13.7. The lowest BCUT2D eigenvalue weighted by atomic mass is 10.1. The van der Waals surface area contributed by atoms with Crippen LogP contribution in [-0.4, -0.2) is 40.1 Å². The van der Waals surface area contributed by atoms with Crippen molar-refractivity contribution in [1.29, 1.82) is 0 Å². The maximum absolute atomic E-state index is 12.3. The minimum atomic E-state index is 0.0160. The molecule has 1 amide bonds. The molecule has 0 atom stereocenters. The van der Waals surface area contributed by atoms with Gasteiger partial charge in [0.25, 0.3) is 0 Å². The normalized spacial score (nSPS) is 10.9. The Morgan fingerprint density at radius 2 is 1.86 bits per heavy atom. The number of carbonyl (C=O) groups is 1. The van der Waals surface area contributed by atoms with Gasteiger partial charge in [0.1, 0.15) is 5.75 Å². The number of thioether (sulfide) groups is 1. The third kappa shape index (κ3) is 6.81. The van der Waals surface area contributed by atoms with Crippen molar-refractivity contribution in [2.24, 2.45) is 0 Å². The van der Waals surface area contributed by atoms with Crippen LogP contribution in [0.4, 0.5) is 0 Å². The molecule has 0 radical (unpaired) electrons. The van der Waals surface area contributed by atoms with Crippen molar-refractivity contribution in [3.05, 3.63) is 88.4 Å². The zero-order valence-corrected chi connectivity index (χ0v) is 22.1. The second-order valence-corrected chi connectivity index (χ2v) is 9.90. The van der Waals surface area contributed by atoms with Gasteiger partial charge in [0.15, 0.2) is 11.0 Å². The summed E-state index contributed by atoms with van der Waals surface area (Å²) in [6.07, 6.45) is 1.81. The molecule has 0 unspecified atom stereocenters. The summed E-state index contributed by atoms with van der Waals surface area (Å²) in [7, 11) is 1.64. The van der Waals surface area contributed by atoms with Crippen LogP contribution in [0.5, 0.6) is 5.75 Å². The van der Waals surface area contributed by atoms with E-state index >= 15 is 0 Å². The summed E-state index contributed by atoms with van der Waals surface area (Å²) in [4.78, 5) is 12.3. The van der Waals surface area contributed by atoms with E-state index in [1.807, 2.05) is 65.2 Å². The number of amides is 1. The monoisotopic (exact) mass is 540 g/mol. The van der Waals surface area contributed by atoms with Gasteiger partial charge in [-0.3, -0.25) is 9.36 Å². The Hall–Kier alpha value is -3.00. The predicted octanol–water partition coefficient (Wildman–Crippen LogP) is 6.48. The number of benzene rings is 3. The van der Waals surface area contributed by atoms with Gasteiger partial charge in [-0.15, -0.1) is 10.2 Å². The number of nitrogens with zero attached hydrogens (tertiary/aromatic N) is 3. The Balaban J connectivity index is 1.34. The molecule has 0 saturated heterocycles. The van der Waals surface area contributed by atoms with E-state index in [0.717, 1.165) is 39.3 Å². The SMILES string of the molecule is COc1cccc(-c2nnc(SCCCC(=O)NCCc3ccc(Cl)cc3Cl)n2-c2ccccc2)c1. The molecule has 1 aromatic heterocycles. The van der Waals surface area contributed by atoms with Crippen molar-refractivity contribution < 1.29 is 9.53 Å². The summed E-state index contributed by atoms with van der Waals surface area (Å²) in [5, 5.41) is 13.9. The molecule has 1 N–H and O–H groups in total. The molecule has 0 spiro atoms. The van der Waals surface area contributed by atoms with E-state index in [2.05, 4.69) is 15.5 Å². The molecule has 186 valence electrons. The fraction of sp³-hybridized carbons (Fsp3) is 0.222. The number of nitrogens with one attached hydrogen (secondary N) is 1. The second-order valence-electron chi connectivity index (χ2n) is 8.00. The van der Waals surface area contributed by atoms with Gasteiger partial charge in [-0.1, -0.05) is 71.4 Å². The van der Waals surface area contributed by atoms with E-state index in [1.54, 1.807) is 31.0 Å². The molecule has 4 aromatic rings. The van der Waals surface area contributed by atoms with E-state index in [9.17, 15) is 4.79 Å². The van der Waals surface area contributed by atoms with Gasteiger partial charge in [-0.25, -0.2) is 0 Å². The van der Waals surface area contributed by atoms with Gasteiger partial charge in [-0.2, -0.15) is 0 Å². The van der Waals surface area contributed by atoms with E-state index in [0.29, 0.717) is 35.9 Å². The van der Waals surface area contributed by atoms with Gasteiger partial charge in [0, 0.05) is 40.0 Å². The summed E-state index contributed by atoms with van der Waals surface area (Å²) in [6.45, 7) is 0.527. The number of carbonyl (C=O) groups excluding carboxylic acids is 1. The van der Waals surface area contributed by atoms with Crippen molar-refractivity contribution in [3.63, 3.8) is 0 Å². The largest absolute Gasteiger partial charge is 0.497 e. The number of halogens is 2. The van der Waals surface area contributed by atoms with Crippen LogP contribution in [0.25, 0.3) is 17.1 Å². The Kier molecular flexibility index (Phi) is 9.28. The molecule has 6 nitrogen and oxygen atoms in total. The molecule has 1 heterocycles. The molecule has 0 aliphatic rings. The molecule has 0 fully saturated rings. The third-order valence-electron chi connectivity index (χ3n) is 5.49. The van der Waals surface area contributed by atoms with Crippen molar-refractivity contribution >= 4 is 40.9 Å². The molecule has 0 bridgehead atoms. The smallest absolute Gasteiger partial charge is 0.220 e. The number of ether oxygens (including phenoxy) is 1. The molecular weight excluding hydrogens is 515 g/mol. The average molecular weight is 542 g/mol. The molecule has 3 aromatic carbocycles. The van der Waals surface area contributed by atoms with E-state index in [4.69, 9.17) is 27.9 Å². The highest BCUT2D eigenvalue weighted by molar-refractivity contribution is 7.99. The molecule has 0 aliphatic carbocycles. The molecule has 9 heteroatoms. The number of methoxy groups -OCH3 is 1. The average Bonchev–Trinajstić information content (AvgIpc) is 3.32. The summed E-state index contributed by atoms with van der Waals surface area (Å²) in [6, 6.07) is 23.2. The van der Waals surface area contributed by atoms with Crippen molar-refractivity contribution in [1.82, 2.24) is 20.1 Å².